The van der Waals surface area contributed by atoms with Gasteiger partial charge in [-0.15, -0.1) is 0 Å². The summed E-state index contributed by atoms with van der Waals surface area (Å²) >= 11 is 0. The van der Waals surface area contributed by atoms with E-state index < -0.39 is 18.0 Å². The van der Waals surface area contributed by atoms with Crippen molar-refractivity contribution in [3.63, 3.8) is 0 Å². The highest BCUT2D eigenvalue weighted by molar-refractivity contribution is 5.87. The van der Waals surface area contributed by atoms with Crippen LogP contribution >= 0.6 is 0 Å². The molecule has 3 aromatic carbocycles. The molecule has 3 N–H and O–H groups in total. The molecule has 0 saturated heterocycles. The molecule has 4 aromatic rings. The number of alkyl carbamates (subject to hydrolysis) is 1. The molecule has 1 atom stereocenters. The molecule has 0 fully saturated rings. The van der Waals surface area contributed by atoms with Crippen molar-refractivity contribution in [1.82, 2.24) is 20.7 Å². The van der Waals surface area contributed by atoms with E-state index in [1.165, 1.54) is 18.1 Å². The number of amides is 2. The standard InChI is InChI=1S/C29H29N5O4/c1-21-6-5-9-24(14-21)19-37-26-12-10-22(11-13-26)16-32-34-28(35)27(15-25-17-30-20-31-25)33-29(36)38-18-23-7-3-2-4-8-23/h2-14,16-17,20,27H,15,18-19H2,1H3,(H,30,31)(H,33,36)(H,34,35)/b32-16-/t27-/m0/s1. The van der Waals surface area contributed by atoms with Crippen LogP contribution in [0.25, 0.3) is 0 Å². The van der Waals surface area contributed by atoms with Crippen molar-refractivity contribution in [2.75, 3.05) is 0 Å². The molecule has 9 nitrogen and oxygen atoms in total. The van der Waals surface area contributed by atoms with Gasteiger partial charge in [-0.1, -0.05) is 60.2 Å². The third-order valence-corrected chi connectivity index (χ3v) is 5.56. The van der Waals surface area contributed by atoms with Gasteiger partial charge < -0.3 is 19.8 Å². The Morgan fingerprint density at radius 3 is 2.53 bits per heavy atom. The summed E-state index contributed by atoms with van der Waals surface area (Å²) in [6.07, 6.45) is 4.09. The van der Waals surface area contributed by atoms with E-state index in [4.69, 9.17) is 9.47 Å². The van der Waals surface area contributed by atoms with E-state index in [0.29, 0.717) is 12.3 Å². The van der Waals surface area contributed by atoms with Crippen LogP contribution in [0, 0.1) is 6.92 Å². The molecule has 0 unspecified atom stereocenters. The van der Waals surface area contributed by atoms with E-state index in [0.717, 1.165) is 22.4 Å². The number of hydrazone groups is 1. The zero-order valence-electron chi connectivity index (χ0n) is 21.0. The first kappa shape index (κ1) is 26.2. The van der Waals surface area contributed by atoms with Crippen molar-refractivity contribution in [1.29, 1.82) is 0 Å². The first-order valence-corrected chi connectivity index (χ1v) is 12.1. The number of H-pyrrole nitrogens is 1. The molecule has 9 heteroatoms. The van der Waals surface area contributed by atoms with E-state index >= 15 is 0 Å². The second kappa shape index (κ2) is 13.4. The van der Waals surface area contributed by atoms with Crippen LogP contribution in [0.2, 0.25) is 0 Å². The Kier molecular flexibility index (Phi) is 9.23. The maximum Gasteiger partial charge on any atom is 0.408 e. The van der Waals surface area contributed by atoms with Crippen LogP contribution in [0.1, 0.15) is 27.9 Å². The topological polar surface area (TPSA) is 118 Å². The van der Waals surface area contributed by atoms with E-state index in [1.54, 1.807) is 6.20 Å². The fourth-order valence-corrected chi connectivity index (χ4v) is 3.60. The number of hydrogen-bond acceptors (Lipinski definition) is 6. The van der Waals surface area contributed by atoms with Crippen molar-refractivity contribution in [2.24, 2.45) is 5.10 Å². The lowest BCUT2D eigenvalue weighted by atomic mass is 10.1. The Bertz CT molecular complexity index is 1340. The summed E-state index contributed by atoms with van der Waals surface area (Å²) in [6.45, 7) is 2.61. The highest BCUT2D eigenvalue weighted by Crippen LogP contribution is 2.14. The van der Waals surface area contributed by atoms with Crippen LogP contribution < -0.4 is 15.5 Å². The summed E-state index contributed by atoms with van der Waals surface area (Å²) in [6, 6.07) is 23.9. The SMILES string of the molecule is Cc1cccc(COc2ccc(/C=N\NC(=O)[C@H](Cc3cnc[nH]3)NC(=O)OCc3ccccc3)cc2)c1. The molecular formula is C29H29N5O4. The van der Waals surface area contributed by atoms with Crippen molar-refractivity contribution in [3.8, 4) is 5.75 Å². The molecule has 38 heavy (non-hydrogen) atoms. The second-order valence-electron chi connectivity index (χ2n) is 8.62. The molecular weight excluding hydrogens is 482 g/mol. The fourth-order valence-electron chi connectivity index (χ4n) is 3.60. The predicted octanol–water partition coefficient (Wildman–Crippen LogP) is 4.28. The third kappa shape index (κ3) is 8.34. The predicted molar refractivity (Wildman–Crippen MR) is 144 cm³/mol. The summed E-state index contributed by atoms with van der Waals surface area (Å²) in [7, 11) is 0. The molecule has 1 heterocycles. The van der Waals surface area contributed by atoms with E-state index in [-0.39, 0.29) is 13.0 Å². The lowest BCUT2D eigenvalue weighted by Crippen LogP contribution is -2.47. The highest BCUT2D eigenvalue weighted by atomic mass is 16.5. The van der Waals surface area contributed by atoms with Gasteiger partial charge in [0, 0.05) is 18.3 Å². The Hall–Kier alpha value is -4.92. The van der Waals surface area contributed by atoms with Crippen LogP contribution in [0.3, 0.4) is 0 Å². The summed E-state index contributed by atoms with van der Waals surface area (Å²) in [5.41, 5.74) is 7.06. The van der Waals surface area contributed by atoms with E-state index in [1.807, 2.05) is 79.7 Å². The van der Waals surface area contributed by atoms with Crippen LogP contribution in [-0.2, 0) is 29.2 Å². The van der Waals surface area contributed by atoms with Crippen LogP contribution in [0.4, 0.5) is 4.79 Å². The maximum atomic E-state index is 12.8. The minimum absolute atomic E-state index is 0.0912. The summed E-state index contributed by atoms with van der Waals surface area (Å²) in [5.74, 6) is 0.233. The second-order valence-corrected chi connectivity index (χ2v) is 8.62. The van der Waals surface area contributed by atoms with Crippen molar-refractivity contribution >= 4 is 18.2 Å². The highest BCUT2D eigenvalue weighted by Gasteiger charge is 2.22. The zero-order chi connectivity index (χ0) is 26.6. The average Bonchev–Trinajstić information content (AvgIpc) is 3.45. The number of carbonyl (C=O) groups is 2. The quantitative estimate of drug-likeness (QED) is 0.205. The number of rotatable bonds is 11. The molecule has 0 aliphatic heterocycles. The van der Waals surface area contributed by atoms with Gasteiger partial charge in [0.05, 0.1) is 12.5 Å². The number of aryl methyl sites for hydroxylation is 1. The molecule has 0 bridgehead atoms. The van der Waals surface area contributed by atoms with Gasteiger partial charge in [-0.05, 0) is 47.9 Å². The molecule has 0 aliphatic rings. The van der Waals surface area contributed by atoms with Gasteiger partial charge in [0.25, 0.3) is 5.91 Å². The van der Waals surface area contributed by atoms with Crippen LogP contribution in [0.15, 0.2) is 96.5 Å². The monoisotopic (exact) mass is 511 g/mol. The molecule has 0 radical (unpaired) electrons. The maximum absolute atomic E-state index is 12.8. The van der Waals surface area contributed by atoms with Gasteiger partial charge in [-0.25, -0.2) is 15.2 Å². The first-order chi connectivity index (χ1) is 18.5. The lowest BCUT2D eigenvalue weighted by molar-refractivity contribution is -0.123. The van der Waals surface area contributed by atoms with Crippen molar-refractivity contribution in [2.45, 2.75) is 32.6 Å². The zero-order valence-corrected chi connectivity index (χ0v) is 21.0. The van der Waals surface area contributed by atoms with E-state index in [2.05, 4.69) is 31.9 Å². The number of nitrogens with one attached hydrogen (secondary N) is 3. The first-order valence-electron chi connectivity index (χ1n) is 12.1. The smallest absolute Gasteiger partial charge is 0.408 e. The number of aromatic amines is 1. The third-order valence-electron chi connectivity index (χ3n) is 5.56. The summed E-state index contributed by atoms with van der Waals surface area (Å²) in [4.78, 5) is 32.1. The average molecular weight is 512 g/mol. The normalized spacial score (nSPS) is 11.6. The van der Waals surface area contributed by atoms with Gasteiger partial charge in [0.15, 0.2) is 0 Å². The minimum Gasteiger partial charge on any atom is -0.489 e. The van der Waals surface area contributed by atoms with Crippen LogP contribution in [0.5, 0.6) is 5.75 Å². The van der Waals surface area contributed by atoms with Crippen LogP contribution in [-0.4, -0.2) is 34.2 Å². The number of carbonyl (C=O) groups excluding carboxylic acids is 2. The fraction of sp³-hybridized carbons (Fsp3) is 0.172. The molecule has 0 saturated carbocycles. The number of ether oxygens (including phenoxy) is 2. The van der Waals surface area contributed by atoms with Gasteiger partial charge in [0.1, 0.15) is 25.0 Å². The lowest BCUT2D eigenvalue weighted by Gasteiger charge is -2.16. The number of nitrogens with zero attached hydrogens (tertiary/aromatic N) is 2. The largest absolute Gasteiger partial charge is 0.489 e. The summed E-state index contributed by atoms with van der Waals surface area (Å²) < 4.78 is 11.1. The minimum atomic E-state index is -0.923. The van der Waals surface area contributed by atoms with Gasteiger partial charge in [0.2, 0.25) is 0 Å². The van der Waals surface area contributed by atoms with Crippen molar-refractivity contribution in [3.05, 3.63) is 119 Å². The Balaban J connectivity index is 1.29. The van der Waals surface area contributed by atoms with E-state index in [9.17, 15) is 9.59 Å². The number of hydrogen-bond donors (Lipinski definition) is 3. The molecule has 0 aliphatic carbocycles. The summed E-state index contributed by atoms with van der Waals surface area (Å²) in [5, 5.41) is 6.64. The van der Waals surface area contributed by atoms with Gasteiger partial charge in [-0.2, -0.15) is 5.10 Å². The number of aromatic nitrogens is 2. The molecule has 4 rings (SSSR count). The van der Waals surface area contributed by atoms with Crippen molar-refractivity contribution < 1.29 is 19.1 Å². The Labute approximate surface area is 220 Å². The molecule has 2 amide bonds. The molecule has 1 aromatic heterocycles. The number of benzene rings is 3. The number of imidazole rings is 1. The van der Waals surface area contributed by atoms with Gasteiger partial charge in [-0.3, -0.25) is 4.79 Å². The molecule has 194 valence electrons. The Morgan fingerprint density at radius 2 is 1.79 bits per heavy atom. The Morgan fingerprint density at radius 1 is 1.00 bits per heavy atom. The van der Waals surface area contributed by atoms with Gasteiger partial charge >= 0.3 is 6.09 Å². The molecule has 0 spiro atoms.